The highest BCUT2D eigenvalue weighted by Crippen LogP contribution is 2.37. The predicted octanol–water partition coefficient (Wildman–Crippen LogP) is 4.99. The van der Waals surface area contributed by atoms with Gasteiger partial charge in [0.2, 0.25) is 0 Å². The largest absolute Gasteiger partial charge is 0.299 e. The van der Waals surface area contributed by atoms with E-state index in [1.165, 1.54) is 0 Å². The highest BCUT2D eigenvalue weighted by Gasteiger charge is 2.45. The molecule has 1 aliphatic rings. The zero-order valence-corrected chi connectivity index (χ0v) is 18.1. The van der Waals surface area contributed by atoms with Crippen LogP contribution >= 0.6 is 0 Å². The maximum absolute atomic E-state index is 13.3. The fraction of sp³-hybridized carbons (Fsp3) is 0.250. The molecule has 0 atom stereocenters. The Morgan fingerprint density at radius 2 is 1.19 bits per heavy atom. The average Bonchev–Trinajstić information content (AvgIpc) is 2.83. The summed E-state index contributed by atoms with van der Waals surface area (Å²) in [7, 11) is 0. The molecule has 4 nitrogen and oxygen atoms in total. The Labute approximate surface area is 188 Å². The number of carbonyl (C=O) groups excluding carboxylic acids is 3. The summed E-state index contributed by atoms with van der Waals surface area (Å²) in [5.41, 5.74) is 1.28. The van der Waals surface area contributed by atoms with Crippen LogP contribution in [0, 0.1) is 5.41 Å². The van der Waals surface area contributed by atoms with Gasteiger partial charge < -0.3 is 0 Å². The van der Waals surface area contributed by atoms with Crippen LogP contribution in [0.15, 0.2) is 91.0 Å². The molecule has 4 heteroatoms. The molecule has 1 aliphatic heterocycles. The van der Waals surface area contributed by atoms with Gasteiger partial charge in [-0.1, -0.05) is 91.0 Å². The van der Waals surface area contributed by atoms with Gasteiger partial charge in [0.05, 0.1) is 5.41 Å². The molecule has 0 aromatic heterocycles. The summed E-state index contributed by atoms with van der Waals surface area (Å²) in [5.74, 6) is -0.182. The van der Waals surface area contributed by atoms with Crippen LogP contribution in [-0.4, -0.2) is 35.3 Å². The van der Waals surface area contributed by atoms with Crippen LogP contribution in [0.4, 0.5) is 0 Å². The number of ketones is 3. The van der Waals surface area contributed by atoms with E-state index in [9.17, 15) is 14.4 Å². The predicted molar refractivity (Wildman–Crippen MR) is 125 cm³/mol. The number of hydrogen-bond donors (Lipinski definition) is 0. The van der Waals surface area contributed by atoms with Crippen molar-refractivity contribution in [2.45, 2.75) is 25.8 Å². The van der Waals surface area contributed by atoms with E-state index in [-0.39, 0.29) is 30.2 Å². The first-order valence-corrected chi connectivity index (χ1v) is 11.0. The molecule has 1 saturated heterocycles. The van der Waals surface area contributed by atoms with E-state index in [0.29, 0.717) is 37.2 Å². The van der Waals surface area contributed by atoms with Gasteiger partial charge >= 0.3 is 0 Å². The van der Waals surface area contributed by atoms with Crippen LogP contribution in [0.25, 0.3) is 0 Å². The van der Waals surface area contributed by atoms with Crippen molar-refractivity contribution < 1.29 is 14.4 Å². The summed E-state index contributed by atoms with van der Waals surface area (Å²) in [6, 6.07) is 28.2. The molecule has 0 spiro atoms. The van der Waals surface area contributed by atoms with Gasteiger partial charge in [0.15, 0.2) is 11.6 Å². The first kappa shape index (κ1) is 21.8. The molecule has 0 amide bonds. The molecule has 0 aliphatic carbocycles. The smallest absolute Gasteiger partial charge is 0.163 e. The first-order valence-electron chi connectivity index (χ1n) is 11.0. The Bertz CT molecular complexity index is 1020. The number of hydrogen-bond acceptors (Lipinski definition) is 4. The van der Waals surface area contributed by atoms with Crippen LogP contribution in [0.3, 0.4) is 0 Å². The topological polar surface area (TPSA) is 54.5 Å². The second-order valence-electron chi connectivity index (χ2n) is 8.58. The second-order valence-corrected chi connectivity index (χ2v) is 8.58. The molecule has 1 fully saturated rings. The van der Waals surface area contributed by atoms with Gasteiger partial charge in [-0.3, -0.25) is 19.3 Å². The van der Waals surface area contributed by atoms with Gasteiger partial charge in [0.25, 0.3) is 0 Å². The summed E-state index contributed by atoms with van der Waals surface area (Å²) in [6.45, 7) is 1.72. The van der Waals surface area contributed by atoms with Gasteiger partial charge in [-0.2, -0.15) is 0 Å². The average molecular weight is 426 g/mol. The minimum Gasteiger partial charge on any atom is -0.299 e. The Morgan fingerprint density at radius 1 is 0.719 bits per heavy atom. The van der Waals surface area contributed by atoms with Crippen LogP contribution in [0.1, 0.15) is 45.5 Å². The van der Waals surface area contributed by atoms with E-state index in [1.807, 2.05) is 54.6 Å². The quantitative estimate of drug-likeness (QED) is 0.477. The Balaban J connectivity index is 1.62. The number of likely N-dealkylation sites (tertiary alicyclic amines) is 1. The van der Waals surface area contributed by atoms with Crippen molar-refractivity contribution in [1.29, 1.82) is 0 Å². The number of carbonyl (C=O) groups is 3. The van der Waals surface area contributed by atoms with Gasteiger partial charge in [-0.15, -0.1) is 0 Å². The zero-order chi connectivity index (χ0) is 22.4. The van der Waals surface area contributed by atoms with Crippen molar-refractivity contribution in [3.05, 3.63) is 108 Å². The SMILES string of the molecule is O=C(CC1(CC(=O)c2ccccc2)CN(Cc2ccccc2)CCC1=O)c1ccccc1. The molecule has 4 rings (SSSR count). The van der Waals surface area contributed by atoms with Gasteiger partial charge in [-0.25, -0.2) is 0 Å². The van der Waals surface area contributed by atoms with Crippen molar-refractivity contribution in [3.8, 4) is 0 Å². The van der Waals surface area contributed by atoms with E-state index >= 15 is 0 Å². The molecule has 0 N–H and O–H groups in total. The van der Waals surface area contributed by atoms with E-state index < -0.39 is 5.41 Å². The Hall–Kier alpha value is -3.37. The molecule has 3 aromatic rings. The molecular weight excluding hydrogens is 398 g/mol. The molecular formula is C28H27NO3. The number of rotatable bonds is 8. The minimum absolute atomic E-state index is 0.00961. The van der Waals surface area contributed by atoms with E-state index in [0.717, 1.165) is 5.56 Å². The van der Waals surface area contributed by atoms with Crippen molar-refractivity contribution in [3.63, 3.8) is 0 Å². The summed E-state index contributed by atoms with van der Waals surface area (Å²) < 4.78 is 0. The summed E-state index contributed by atoms with van der Waals surface area (Å²) >= 11 is 0. The lowest BCUT2D eigenvalue weighted by atomic mass is 9.70. The third-order valence-electron chi connectivity index (χ3n) is 6.21. The lowest BCUT2D eigenvalue weighted by Crippen LogP contribution is -2.51. The third kappa shape index (κ3) is 5.09. The maximum Gasteiger partial charge on any atom is 0.163 e. The normalized spacial score (nSPS) is 15.9. The number of Topliss-reactive ketones (excluding diaryl/α,β-unsaturated/α-hetero) is 3. The number of piperidine rings is 1. The van der Waals surface area contributed by atoms with Crippen molar-refractivity contribution in [2.24, 2.45) is 5.41 Å². The van der Waals surface area contributed by atoms with Crippen LogP contribution in [0.5, 0.6) is 0 Å². The highest BCUT2D eigenvalue weighted by atomic mass is 16.1. The molecule has 3 aromatic carbocycles. The summed E-state index contributed by atoms with van der Waals surface area (Å²) in [4.78, 5) is 41.8. The molecule has 0 bridgehead atoms. The van der Waals surface area contributed by atoms with Crippen LogP contribution in [0.2, 0.25) is 0 Å². The second kappa shape index (κ2) is 9.84. The molecule has 0 saturated carbocycles. The van der Waals surface area contributed by atoms with Crippen molar-refractivity contribution >= 4 is 17.3 Å². The molecule has 0 unspecified atom stereocenters. The van der Waals surface area contributed by atoms with E-state index in [4.69, 9.17) is 0 Å². The zero-order valence-electron chi connectivity index (χ0n) is 18.1. The van der Waals surface area contributed by atoms with Crippen molar-refractivity contribution in [1.82, 2.24) is 4.90 Å². The molecule has 1 heterocycles. The fourth-order valence-electron chi connectivity index (χ4n) is 4.54. The maximum atomic E-state index is 13.3. The molecule has 0 radical (unpaired) electrons. The Morgan fingerprint density at radius 3 is 1.69 bits per heavy atom. The summed E-state index contributed by atoms with van der Waals surface area (Å²) in [6.07, 6.45) is 0.427. The summed E-state index contributed by atoms with van der Waals surface area (Å²) in [5, 5.41) is 0. The van der Waals surface area contributed by atoms with Gasteiger partial charge in [-0.05, 0) is 5.56 Å². The van der Waals surface area contributed by atoms with Crippen LogP contribution in [-0.2, 0) is 11.3 Å². The molecule has 32 heavy (non-hydrogen) atoms. The first-order chi connectivity index (χ1) is 15.6. The minimum atomic E-state index is -1.02. The number of benzene rings is 3. The fourth-order valence-corrected chi connectivity index (χ4v) is 4.54. The monoisotopic (exact) mass is 425 g/mol. The van der Waals surface area contributed by atoms with E-state index in [2.05, 4.69) is 17.0 Å². The van der Waals surface area contributed by atoms with Crippen LogP contribution < -0.4 is 0 Å². The van der Waals surface area contributed by atoms with Crippen molar-refractivity contribution in [2.75, 3.05) is 13.1 Å². The standard InChI is InChI=1S/C28H27NO3/c30-25(23-12-6-2-7-13-23)18-28(19-26(31)24-14-8-3-9-15-24)21-29(17-16-27(28)32)20-22-10-4-1-5-11-22/h1-15H,16-21H2. The van der Waals surface area contributed by atoms with E-state index in [1.54, 1.807) is 24.3 Å². The lowest BCUT2D eigenvalue weighted by Gasteiger charge is -2.41. The Kier molecular flexibility index (Phi) is 6.72. The highest BCUT2D eigenvalue weighted by molar-refractivity contribution is 6.04. The van der Waals surface area contributed by atoms with Gasteiger partial charge in [0, 0.05) is 50.0 Å². The third-order valence-corrected chi connectivity index (χ3v) is 6.21. The van der Waals surface area contributed by atoms with Gasteiger partial charge in [0.1, 0.15) is 5.78 Å². The number of nitrogens with zero attached hydrogens (tertiary/aromatic N) is 1. The lowest BCUT2D eigenvalue weighted by molar-refractivity contribution is -0.134. The molecule has 162 valence electrons.